The van der Waals surface area contributed by atoms with Crippen molar-refractivity contribution in [3.63, 3.8) is 0 Å². The van der Waals surface area contributed by atoms with Gasteiger partial charge < -0.3 is 21.5 Å². The van der Waals surface area contributed by atoms with Crippen LogP contribution in [0.25, 0.3) is 0 Å². The quantitative estimate of drug-likeness (QED) is 0.504. The molecule has 6 nitrogen and oxygen atoms in total. The number of rotatable bonds is 4. The molecule has 0 aromatic rings. The number of carbonyl (C=O) groups is 2. The molecule has 0 aromatic heterocycles. The number of hydrogen-bond acceptors (Lipinski definition) is 4. The Kier molecular flexibility index (Phi) is 4.11. The Morgan fingerprint density at radius 2 is 1.94 bits per heavy atom. The standard InChI is InChI=1S/C11H21N3O3/c1-6(5-12)4-11(2,3)7-8(15)14-10(17)9(16)13-7/h6-7,10,17H,4-5,12H2,1-3H3,(H,13,16)(H,14,15). The van der Waals surface area contributed by atoms with Gasteiger partial charge in [0.25, 0.3) is 5.91 Å². The normalized spacial score (nSPS) is 27.4. The van der Waals surface area contributed by atoms with Crippen LogP contribution < -0.4 is 16.4 Å². The van der Waals surface area contributed by atoms with E-state index in [0.717, 1.165) is 6.42 Å². The average molecular weight is 243 g/mol. The minimum Gasteiger partial charge on any atom is -0.365 e. The van der Waals surface area contributed by atoms with Crippen molar-refractivity contribution in [2.75, 3.05) is 6.54 Å². The molecule has 0 radical (unpaired) electrons. The van der Waals surface area contributed by atoms with E-state index in [2.05, 4.69) is 10.6 Å². The minimum atomic E-state index is -1.44. The van der Waals surface area contributed by atoms with Crippen LogP contribution in [0.5, 0.6) is 0 Å². The predicted octanol–water partition coefficient (Wildman–Crippen LogP) is -1.07. The number of carbonyl (C=O) groups excluding carboxylic acids is 2. The molecule has 0 saturated carbocycles. The molecule has 3 unspecified atom stereocenters. The second kappa shape index (κ2) is 5.01. The maximum atomic E-state index is 11.7. The lowest BCUT2D eigenvalue weighted by molar-refractivity contribution is -0.148. The number of nitrogens with one attached hydrogen (secondary N) is 2. The first-order valence-corrected chi connectivity index (χ1v) is 5.77. The fourth-order valence-corrected chi connectivity index (χ4v) is 2.22. The zero-order valence-corrected chi connectivity index (χ0v) is 10.5. The zero-order valence-electron chi connectivity index (χ0n) is 10.5. The average Bonchev–Trinajstić information content (AvgIpc) is 2.22. The summed E-state index contributed by atoms with van der Waals surface area (Å²) in [4.78, 5) is 23.1. The Balaban J connectivity index is 2.76. The van der Waals surface area contributed by atoms with Crippen LogP contribution in [0.15, 0.2) is 0 Å². The highest BCUT2D eigenvalue weighted by Gasteiger charge is 2.42. The topological polar surface area (TPSA) is 104 Å². The van der Waals surface area contributed by atoms with E-state index in [1.165, 1.54) is 0 Å². The van der Waals surface area contributed by atoms with E-state index in [-0.39, 0.29) is 11.8 Å². The third kappa shape index (κ3) is 3.17. The Labute approximate surface area is 101 Å². The monoisotopic (exact) mass is 243 g/mol. The van der Waals surface area contributed by atoms with Gasteiger partial charge in [-0.1, -0.05) is 20.8 Å². The van der Waals surface area contributed by atoms with Crippen LogP contribution in [0.2, 0.25) is 0 Å². The molecule has 6 heteroatoms. The summed E-state index contributed by atoms with van der Waals surface area (Å²) < 4.78 is 0. The summed E-state index contributed by atoms with van der Waals surface area (Å²) in [6.45, 7) is 6.34. The van der Waals surface area contributed by atoms with Gasteiger partial charge in [-0.05, 0) is 24.3 Å². The summed E-state index contributed by atoms with van der Waals surface area (Å²) in [6.07, 6.45) is -0.723. The molecule has 1 saturated heterocycles. The van der Waals surface area contributed by atoms with Crippen molar-refractivity contribution in [1.29, 1.82) is 0 Å². The van der Waals surface area contributed by atoms with Crippen molar-refractivity contribution in [3.8, 4) is 0 Å². The van der Waals surface area contributed by atoms with E-state index in [4.69, 9.17) is 5.73 Å². The van der Waals surface area contributed by atoms with Gasteiger partial charge in [0.1, 0.15) is 6.04 Å². The Bertz CT molecular complexity index is 317. The smallest absolute Gasteiger partial charge is 0.270 e. The molecule has 0 aliphatic carbocycles. The number of nitrogens with two attached hydrogens (primary N) is 1. The Hall–Kier alpha value is -1.14. The van der Waals surface area contributed by atoms with Gasteiger partial charge in [0, 0.05) is 0 Å². The lowest BCUT2D eigenvalue weighted by Gasteiger charge is -2.38. The van der Waals surface area contributed by atoms with Crippen LogP contribution in [0.4, 0.5) is 0 Å². The fraction of sp³-hybridized carbons (Fsp3) is 0.818. The first-order chi connectivity index (χ1) is 7.77. The van der Waals surface area contributed by atoms with Crippen LogP contribution in [0.1, 0.15) is 27.2 Å². The molecule has 1 fully saturated rings. The van der Waals surface area contributed by atoms with E-state index >= 15 is 0 Å². The maximum Gasteiger partial charge on any atom is 0.270 e. The number of hydrogen-bond donors (Lipinski definition) is 4. The van der Waals surface area contributed by atoms with Crippen molar-refractivity contribution >= 4 is 11.8 Å². The third-order valence-electron chi connectivity index (χ3n) is 3.13. The zero-order chi connectivity index (χ0) is 13.2. The summed E-state index contributed by atoms with van der Waals surface area (Å²) in [5.41, 5.74) is 5.16. The van der Waals surface area contributed by atoms with Crippen LogP contribution >= 0.6 is 0 Å². The van der Waals surface area contributed by atoms with E-state index in [9.17, 15) is 14.7 Å². The highest BCUT2D eigenvalue weighted by molar-refractivity contribution is 5.96. The SMILES string of the molecule is CC(CN)CC(C)(C)C1NC(=O)C(O)NC1=O. The van der Waals surface area contributed by atoms with Crippen LogP contribution in [-0.2, 0) is 9.59 Å². The van der Waals surface area contributed by atoms with E-state index < -0.39 is 23.6 Å². The molecule has 0 spiro atoms. The minimum absolute atomic E-state index is 0.265. The van der Waals surface area contributed by atoms with Gasteiger partial charge in [0.05, 0.1) is 0 Å². The van der Waals surface area contributed by atoms with E-state index in [0.29, 0.717) is 6.54 Å². The van der Waals surface area contributed by atoms with Gasteiger partial charge in [0.2, 0.25) is 12.1 Å². The lowest BCUT2D eigenvalue weighted by atomic mass is 9.76. The van der Waals surface area contributed by atoms with Crippen molar-refractivity contribution in [1.82, 2.24) is 10.6 Å². The third-order valence-corrected chi connectivity index (χ3v) is 3.13. The second-order valence-electron chi connectivity index (χ2n) is 5.39. The molecular weight excluding hydrogens is 222 g/mol. The molecule has 0 bridgehead atoms. The summed E-state index contributed by atoms with van der Waals surface area (Å²) >= 11 is 0. The number of aliphatic hydroxyl groups excluding tert-OH is 1. The van der Waals surface area contributed by atoms with Gasteiger partial charge in [-0.3, -0.25) is 9.59 Å². The van der Waals surface area contributed by atoms with Gasteiger partial charge in [-0.15, -0.1) is 0 Å². The van der Waals surface area contributed by atoms with Crippen molar-refractivity contribution in [2.24, 2.45) is 17.1 Å². The molecule has 17 heavy (non-hydrogen) atoms. The van der Waals surface area contributed by atoms with Gasteiger partial charge in [-0.2, -0.15) is 0 Å². The maximum absolute atomic E-state index is 11.7. The summed E-state index contributed by atoms with van der Waals surface area (Å²) in [7, 11) is 0. The Morgan fingerprint density at radius 1 is 1.35 bits per heavy atom. The summed E-state index contributed by atoms with van der Waals surface area (Å²) in [6, 6.07) is -0.632. The molecular formula is C11H21N3O3. The van der Waals surface area contributed by atoms with Crippen molar-refractivity contribution in [2.45, 2.75) is 39.5 Å². The molecule has 2 amide bonds. The molecule has 1 aliphatic rings. The molecule has 98 valence electrons. The van der Waals surface area contributed by atoms with Gasteiger partial charge in [-0.25, -0.2) is 0 Å². The van der Waals surface area contributed by atoms with Crippen LogP contribution in [0.3, 0.4) is 0 Å². The second-order valence-corrected chi connectivity index (χ2v) is 5.39. The van der Waals surface area contributed by atoms with Crippen molar-refractivity contribution in [3.05, 3.63) is 0 Å². The first kappa shape index (κ1) is 13.9. The molecule has 0 aromatic carbocycles. The molecule has 5 N–H and O–H groups in total. The van der Waals surface area contributed by atoms with Crippen molar-refractivity contribution < 1.29 is 14.7 Å². The fourth-order valence-electron chi connectivity index (χ4n) is 2.22. The highest BCUT2D eigenvalue weighted by Crippen LogP contribution is 2.30. The molecule has 1 rings (SSSR count). The highest BCUT2D eigenvalue weighted by atomic mass is 16.3. The largest absolute Gasteiger partial charge is 0.365 e. The molecule has 1 aliphatic heterocycles. The van der Waals surface area contributed by atoms with E-state index in [1.807, 2.05) is 20.8 Å². The Morgan fingerprint density at radius 3 is 2.47 bits per heavy atom. The number of piperazine rings is 1. The number of aliphatic hydroxyl groups is 1. The van der Waals surface area contributed by atoms with E-state index in [1.54, 1.807) is 0 Å². The van der Waals surface area contributed by atoms with Gasteiger partial charge in [0.15, 0.2) is 0 Å². The number of amides is 2. The van der Waals surface area contributed by atoms with Crippen LogP contribution in [-0.4, -0.2) is 35.7 Å². The van der Waals surface area contributed by atoms with Gasteiger partial charge >= 0.3 is 0 Å². The van der Waals surface area contributed by atoms with Crippen LogP contribution in [0, 0.1) is 11.3 Å². The molecule has 3 atom stereocenters. The summed E-state index contributed by atoms with van der Waals surface area (Å²) in [5, 5.41) is 14.0. The first-order valence-electron chi connectivity index (χ1n) is 5.77. The summed E-state index contributed by atoms with van der Waals surface area (Å²) in [5.74, 6) is -0.657. The lowest BCUT2D eigenvalue weighted by Crippen LogP contribution is -2.65. The predicted molar refractivity (Wildman–Crippen MR) is 62.7 cm³/mol. The molecule has 1 heterocycles.